The van der Waals surface area contributed by atoms with Gasteiger partial charge in [-0.3, -0.25) is 4.79 Å². The van der Waals surface area contributed by atoms with E-state index in [1.54, 1.807) is 11.0 Å². The first kappa shape index (κ1) is 12.4. The Morgan fingerprint density at radius 2 is 2.24 bits per heavy atom. The molecule has 1 aromatic rings. The number of amides is 1. The van der Waals surface area contributed by atoms with Crippen molar-refractivity contribution in [2.45, 2.75) is 11.2 Å². The molecule has 1 unspecified atom stereocenters. The van der Waals surface area contributed by atoms with Gasteiger partial charge >= 0.3 is 0 Å². The minimum absolute atomic E-state index is 0.0107. The lowest BCUT2D eigenvalue weighted by atomic mass is 10.2. The first-order valence-corrected chi connectivity index (χ1v) is 6.36. The number of para-hydroxylation sites is 2. The lowest BCUT2D eigenvalue weighted by Gasteiger charge is -2.19. The molecule has 0 aromatic heterocycles. The summed E-state index contributed by atoms with van der Waals surface area (Å²) < 4.78 is 17.4. The van der Waals surface area contributed by atoms with Crippen LogP contribution in [0.25, 0.3) is 0 Å². The standard InChI is InChI=1S/C12H13BrFNO2/c13-9-7-12(16)15(8-9)10-3-1-2-4-11(10)17-6-5-14/h1-4,9H,5-8H2. The van der Waals surface area contributed by atoms with Gasteiger partial charge in [-0.05, 0) is 12.1 Å². The van der Waals surface area contributed by atoms with Gasteiger partial charge in [-0.15, -0.1) is 0 Å². The van der Waals surface area contributed by atoms with Crippen molar-refractivity contribution in [2.24, 2.45) is 0 Å². The number of hydrogen-bond donors (Lipinski definition) is 0. The van der Waals surface area contributed by atoms with Crippen molar-refractivity contribution >= 4 is 27.5 Å². The third kappa shape index (κ3) is 2.77. The highest BCUT2D eigenvalue weighted by Gasteiger charge is 2.30. The molecule has 1 saturated heterocycles. The Morgan fingerprint density at radius 3 is 2.88 bits per heavy atom. The maximum atomic E-state index is 12.1. The second kappa shape index (κ2) is 5.49. The van der Waals surface area contributed by atoms with Crippen LogP contribution in [-0.4, -0.2) is 30.6 Å². The van der Waals surface area contributed by atoms with Crippen LogP contribution >= 0.6 is 15.9 Å². The van der Waals surface area contributed by atoms with E-state index in [0.717, 1.165) is 0 Å². The average molecular weight is 302 g/mol. The van der Waals surface area contributed by atoms with Crippen LogP contribution in [0.15, 0.2) is 24.3 Å². The van der Waals surface area contributed by atoms with Crippen molar-refractivity contribution in [3.63, 3.8) is 0 Å². The minimum Gasteiger partial charge on any atom is -0.489 e. The van der Waals surface area contributed by atoms with Crippen LogP contribution in [0.1, 0.15) is 6.42 Å². The van der Waals surface area contributed by atoms with Gasteiger partial charge in [0.25, 0.3) is 0 Å². The molecule has 5 heteroatoms. The van der Waals surface area contributed by atoms with Crippen LogP contribution in [0.4, 0.5) is 10.1 Å². The fourth-order valence-corrected chi connectivity index (χ4v) is 2.41. The van der Waals surface area contributed by atoms with Crippen LogP contribution in [0.3, 0.4) is 0 Å². The first-order valence-electron chi connectivity index (χ1n) is 5.44. The topological polar surface area (TPSA) is 29.5 Å². The zero-order valence-corrected chi connectivity index (χ0v) is 10.8. The number of ether oxygens (including phenoxy) is 1. The highest BCUT2D eigenvalue weighted by Crippen LogP contribution is 2.32. The Kier molecular flexibility index (Phi) is 3.99. The summed E-state index contributed by atoms with van der Waals surface area (Å²) in [7, 11) is 0. The number of benzene rings is 1. The zero-order chi connectivity index (χ0) is 12.3. The van der Waals surface area contributed by atoms with E-state index in [9.17, 15) is 9.18 Å². The average Bonchev–Trinajstić information content (AvgIpc) is 2.66. The predicted molar refractivity (Wildman–Crippen MR) is 67.6 cm³/mol. The SMILES string of the molecule is O=C1CC(Br)CN1c1ccccc1OCCF. The molecule has 0 saturated carbocycles. The summed E-state index contributed by atoms with van der Waals surface area (Å²) in [6.45, 7) is 0.0922. The van der Waals surface area contributed by atoms with E-state index in [1.807, 2.05) is 18.2 Å². The maximum absolute atomic E-state index is 12.1. The van der Waals surface area contributed by atoms with E-state index in [1.165, 1.54) is 0 Å². The summed E-state index contributed by atoms with van der Waals surface area (Å²) in [5, 5.41) is 0. The Balaban J connectivity index is 2.22. The maximum Gasteiger partial charge on any atom is 0.228 e. The second-order valence-electron chi connectivity index (χ2n) is 3.81. The predicted octanol–water partition coefficient (Wildman–Crippen LogP) is 2.54. The summed E-state index contributed by atoms with van der Waals surface area (Å²) in [6, 6.07) is 7.21. The number of halogens is 2. The van der Waals surface area contributed by atoms with Crippen molar-refractivity contribution in [1.29, 1.82) is 0 Å². The van der Waals surface area contributed by atoms with Gasteiger partial charge in [0.15, 0.2) is 0 Å². The van der Waals surface area contributed by atoms with E-state index in [4.69, 9.17) is 4.74 Å². The van der Waals surface area contributed by atoms with Crippen molar-refractivity contribution < 1.29 is 13.9 Å². The highest BCUT2D eigenvalue weighted by atomic mass is 79.9. The molecule has 1 amide bonds. The van der Waals surface area contributed by atoms with Gasteiger partial charge in [-0.2, -0.15) is 0 Å². The van der Waals surface area contributed by atoms with Gasteiger partial charge in [0.2, 0.25) is 5.91 Å². The van der Waals surface area contributed by atoms with Crippen molar-refractivity contribution in [2.75, 3.05) is 24.7 Å². The Bertz CT molecular complexity index is 413. The molecule has 0 bridgehead atoms. The molecule has 0 aliphatic carbocycles. The number of rotatable bonds is 4. The van der Waals surface area contributed by atoms with Gasteiger partial charge in [0, 0.05) is 17.8 Å². The van der Waals surface area contributed by atoms with E-state index in [0.29, 0.717) is 24.4 Å². The van der Waals surface area contributed by atoms with Crippen molar-refractivity contribution in [1.82, 2.24) is 0 Å². The largest absolute Gasteiger partial charge is 0.489 e. The molecule has 1 aliphatic heterocycles. The number of carbonyl (C=O) groups excluding carboxylic acids is 1. The summed E-state index contributed by atoms with van der Waals surface area (Å²) in [6.07, 6.45) is 0.484. The third-order valence-corrected chi connectivity index (χ3v) is 3.18. The molecule has 3 nitrogen and oxygen atoms in total. The zero-order valence-electron chi connectivity index (χ0n) is 9.23. The molecule has 92 valence electrons. The van der Waals surface area contributed by atoms with Crippen molar-refractivity contribution in [3.05, 3.63) is 24.3 Å². The number of nitrogens with zero attached hydrogens (tertiary/aromatic N) is 1. The van der Waals surface area contributed by atoms with Crippen LogP contribution in [0, 0.1) is 0 Å². The molecule has 0 spiro atoms. The third-order valence-electron chi connectivity index (χ3n) is 2.57. The quantitative estimate of drug-likeness (QED) is 0.800. The molecule has 1 heterocycles. The smallest absolute Gasteiger partial charge is 0.228 e. The van der Waals surface area contributed by atoms with Crippen LogP contribution < -0.4 is 9.64 Å². The number of carbonyl (C=O) groups is 1. The lowest BCUT2D eigenvalue weighted by Crippen LogP contribution is -2.25. The second-order valence-corrected chi connectivity index (χ2v) is 5.11. The Morgan fingerprint density at radius 1 is 1.47 bits per heavy atom. The Labute approximate surface area is 108 Å². The summed E-state index contributed by atoms with van der Waals surface area (Å²) >= 11 is 3.43. The normalized spacial score (nSPS) is 19.8. The van der Waals surface area contributed by atoms with E-state index in [-0.39, 0.29) is 17.3 Å². The highest BCUT2D eigenvalue weighted by molar-refractivity contribution is 9.09. The van der Waals surface area contributed by atoms with Gasteiger partial charge in [0.1, 0.15) is 19.0 Å². The lowest BCUT2D eigenvalue weighted by molar-refractivity contribution is -0.117. The van der Waals surface area contributed by atoms with Crippen LogP contribution in [-0.2, 0) is 4.79 Å². The monoisotopic (exact) mass is 301 g/mol. The van der Waals surface area contributed by atoms with Gasteiger partial charge < -0.3 is 9.64 Å². The summed E-state index contributed by atoms with van der Waals surface area (Å²) in [5.41, 5.74) is 0.716. The van der Waals surface area contributed by atoms with Gasteiger partial charge in [-0.25, -0.2) is 4.39 Å². The molecule has 2 rings (SSSR count). The fraction of sp³-hybridized carbons (Fsp3) is 0.417. The summed E-state index contributed by atoms with van der Waals surface area (Å²) in [5.74, 6) is 0.614. The first-order chi connectivity index (χ1) is 8.22. The fourth-order valence-electron chi connectivity index (χ4n) is 1.85. The van der Waals surface area contributed by atoms with E-state index in [2.05, 4.69) is 15.9 Å². The molecule has 17 heavy (non-hydrogen) atoms. The molecular formula is C12H13BrFNO2. The molecule has 0 N–H and O–H groups in total. The molecule has 0 radical (unpaired) electrons. The number of hydrogen-bond acceptors (Lipinski definition) is 2. The van der Waals surface area contributed by atoms with Crippen molar-refractivity contribution in [3.8, 4) is 5.75 Å². The minimum atomic E-state index is -0.538. The molecule has 1 atom stereocenters. The van der Waals surface area contributed by atoms with Gasteiger partial charge in [0.05, 0.1) is 5.69 Å². The molecule has 1 aliphatic rings. The van der Waals surface area contributed by atoms with E-state index < -0.39 is 6.67 Å². The van der Waals surface area contributed by atoms with Crippen LogP contribution in [0.2, 0.25) is 0 Å². The van der Waals surface area contributed by atoms with Crippen LogP contribution in [0.5, 0.6) is 5.75 Å². The molecular weight excluding hydrogens is 289 g/mol. The Hall–Kier alpha value is -1.10. The number of anilines is 1. The molecule has 1 aromatic carbocycles. The number of alkyl halides is 2. The summed E-state index contributed by atoms with van der Waals surface area (Å²) in [4.78, 5) is 13.6. The van der Waals surface area contributed by atoms with E-state index >= 15 is 0 Å². The van der Waals surface area contributed by atoms with Gasteiger partial charge in [-0.1, -0.05) is 28.1 Å². The molecule has 1 fully saturated rings.